The monoisotopic (exact) mass is 442 g/mol. The molecule has 33 heavy (non-hydrogen) atoms. The van der Waals surface area contributed by atoms with Crippen LogP contribution in [0.4, 0.5) is 0 Å². The van der Waals surface area contributed by atoms with Gasteiger partial charge in [0.25, 0.3) is 5.56 Å². The minimum absolute atomic E-state index is 0.0457. The number of aryl methyl sites for hydroxylation is 2. The zero-order chi connectivity index (χ0) is 22.8. The fraction of sp³-hybridized carbons (Fsp3) is 0.385. The zero-order valence-corrected chi connectivity index (χ0v) is 19.3. The summed E-state index contributed by atoms with van der Waals surface area (Å²) in [5.74, 6) is 0.863. The average molecular weight is 443 g/mol. The van der Waals surface area contributed by atoms with Crippen molar-refractivity contribution in [3.63, 3.8) is 0 Å². The Morgan fingerprint density at radius 1 is 0.970 bits per heavy atom. The molecule has 1 saturated carbocycles. The lowest BCUT2D eigenvalue weighted by Crippen LogP contribution is -2.28. The van der Waals surface area contributed by atoms with Crippen molar-refractivity contribution in [3.8, 4) is 0 Å². The largest absolute Gasteiger partial charge is 0.322 e. The van der Waals surface area contributed by atoms with Crippen molar-refractivity contribution in [1.82, 2.24) is 30.1 Å². The van der Waals surface area contributed by atoms with Crippen LogP contribution in [-0.2, 0) is 19.6 Å². The minimum Gasteiger partial charge on any atom is -0.322 e. The number of aromatic nitrogens is 5. The van der Waals surface area contributed by atoms with Gasteiger partial charge in [-0.15, -0.1) is 5.10 Å². The van der Waals surface area contributed by atoms with Gasteiger partial charge in [-0.1, -0.05) is 54.3 Å². The number of hydrogen-bond donors (Lipinski definition) is 1. The lowest BCUT2D eigenvalue weighted by Gasteiger charge is -2.23. The number of H-pyrrole nitrogens is 1. The van der Waals surface area contributed by atoms with Crippen molar-refractivity contribution in [1.29, 1.82) is 0 Å². The van der Waals surface area contributed by atoms with Crippen molar-refractivity contribution in [3.05, 3.63) is 87.0 Å². The summed E-state index contributed by atoms with van der Waals surface area (Å²) < 4.78 is 2.00. The van der Waals surface area contributed by atoms with E-state index in [1.54, 1.807) is 0 Å². The molecule has 1 fully saturated rings. The quantitative estimate of drug-likeness (QED) is 0.457. The first-order chi connectivity index (χ1) is 16.0. The van der Waals surface area contributed by atoms with Gasteiger partial charge in [-0.2, -0.15) is 0 Å². The summed E-state index contributed by atoms with van der Waals surface area (Å²) in [7, 11) is 0. The molecule has 1 aliphatic carbocycles. The van der Waals surface area contributed by atoms with Crippen LogP contribution in [-0.4, -0.2) is 30.1 Å². The molecule has 0 aliphatic heterocycles. The second-order valence-electron chi connectivity index (χ2n) is 9.32. The molecule has 2 heterocycles. The zero-order valence-electron chi connectivity index (χ0n) is 19.3. The van der Waals surface area contributed by atoms with Crippen LogP contribution >= 0.6 is 0 Å². The molecule has 0 bridgehead atoms. The SMILES string of the molecule is Cc1ccc(CN(Cc2cc3cc(C)ccc3[nH]c2=O)Cc2nnnn2C2CCCC2)cc1. The van der Waals surface area contributed by atoms with Crippen molar-refractivity contribution in [2.75, 3.05) is 0 Å². The van der Waals surface area contributed by atoms with Gasteiger partial charge in [0.1, 0.15) is 0 Å². The molecule has 2 aromatic heterocycles. The summed E-state index contributed by atoms with van der Waals surface area (Å²) in [4.78, 5) is 18.2. The molecule has 1 aliphatic rings. The third-order valence-electron chi connectivity index (χ3n) is 6.59. The van der Waals surface area contributed by atoms with Crippen molar-refractivity contribution < 1.29 is 0 Å². The number of pyridine rings is 1. The predicted molar refractivity (Wildman–Crippen MR) is 129 cm³/mol. The van der Waals surface area contributed by atoms with E-state index in [9.17, 15) is 4.79 Å². The third-order valence-corrected chi connectivity index (χ3v) is 6.59. The summed E-state index contributed by atoms with van der Waals surface area (Å²) in [5.41, 5.74) is 5.18. The van der Waals surface area contributed by atoms with Crippen LogP contribution in [0.2, 0.25) is 0 Å². The lowest BCUT2D eigenvalue weighted by molar-refractivity contribution is 0.231. The Morgan fingerprint density at radius 2 is 1.73 bits per heavy atom. The fourth-order valence-electron chi connectivity index (χ4n) is 4.80. The molecular weight excluding hydrogens is 412 g/mol. The molecule has 170 valence electrons. The van der Waals surface area contributed by atoms with Gasteiger partial charge in [0.15, 0.2) is 5.82 Å². The summed E-state index contributed by atoms with van der Waals surface area (Å²) in [5, 5.41) is 13.7. The van der Waals surface area contributed by atoms with Crippen molar-refractivity contribution >= 4 is 10.9 Å². The Morgan fingerprint density at radius 3 is 2.52 bits per heavy atom. The van der Waals surface area contributed by atoms with Gasteiger partial charge in [-0.3, -0.25) is 9.69 Å². The number of tetrazole rings is 1. The van der Waals surface area contributed by atoms with E-state index in [4.69, 9.17) is 0 Å². The van der Waals surface area contributed by atoms with Gasteiger partial charge in [0, 0.05) is 24.2 Å². The Labute approximate surface area is 193 Å². The second-order valence-corrected chi connectivity index (χ2v) is 9.32. The number of nitrogens with one attached hydrogen (secondary N) is 1. The molecular formula is C26H30N6O. The normalized spacial score (nSPS) is 14.5. The van der Waals surface area contributed by atoms with Crippen LogP contribution < -0.4 is 5.56 Å². The van der Waals surface area contributed by atoms with Crippen LogP contribution in [0.25, 0.3) is 10.9 Å². The summed E-state index contributed by atoms with van der Waals surface area (Å²) in [6.07, 6.45) is 4.70. The molecule has 4 aromatic rings. The molecule has 1 N–H and O–H groups in total. The fourth-order valence-corrected chi connectivity index (χ4v) is 4.80. The molecule has 5 rings (SSSR count). The van der Waals surface area contributed by atoms with E-state index in [2.05, 4.69) is 69.6 Å². The van der Waals surface area contributed by atoms with Crippen LogP contribution in [0.15, 0.2) is 53.3 Å². The number of hydrogen-bond acceptors (Lipinski definition) is 5. The maximum Gasteiger partial charge on any atom is 0.252 e. The predicted octanol–water partition coefficient (Wildman–Crippen LogP) is 4.45. The highest BCUT2D eigenvalue weighted by Crippen LogP contribution is 2.29. The van der Waals surface area contributed by atoms with Crippen LogP contribution in [0, 0.1) is 13.8 Å². The molecule has 0 saturated heterocycles. The van der Waals surface area contributed by atoms with Gasteiger partial charge in [-0.25, -0.2) is 4.68 Å². The van der Waals surface area contributed by atoms with Crippen molar-refractivity contribution in [2.24, 2.45) is 0 Å². The van der Waals surface area contributed by atoms with Gasteiger partial charge >= 0.3 is 0 Å². The first-order valence-electron chi connectivity index (χ1n) is 11.7. The molecule has 0 atom stereocenters. The third kappa shape index (κ3) is 4.88. The van der Waals surface area contributed by atoms with Gasteiger partial charge in [-0.05, 0) is 66.3 Å². The number of benzene rings is 2. The lowest BCUT2D eigenvalue weighted by atomic mass is 10.1. The van der Waals surface area contributed by atoms with E-state index in [0.29, 0.717) is 25.7 Å². The van der Waals surface area contributed by atoms with Crippen LogP contribution in [0.1, 0.15) is 59.8 Å². The number of aromatic amines is 1. The second kappa shape index (κ2) is 9.27. The van der Waals surface area contributed by atoms with E-state index >= 15 is 0 Å². The first kappa shape index (κ1) is 21.5. The van der Waals surface area contributed by atoms with E-state index in [-0.39, 0.29) is 5.56 Å². The molecule has 0 spiro atoms. The number of nitrogens with zero attached hydrogens (tertiary/aromatic N) is 5. The highest BCUT2D eigenvalue weighted by Gasteiger charge is 2.23. The molecule has 2 aromatic carbocycles. The highest BCUT2D eigenvalue weighted by molar-refractivity contribution is 5.79. The molecule has 0 unspecified atom stereocenters. The molecule has 7 nitrogen and oxygen atoms in total. The highest BCUT2D eigenvalue weighted by atomic mass is 16.1. The smallest absolute Gasteiger partial charge is 0.252 e. The van der Waals surface area contributed by atoms with E-state index in [1.165, 1.54) is 29.5 Å². The standard InChI is InChI=1S/C26H30N6O/c1-18-7-10-20(11-8-18)15-31(17-25-28-29-30-32(25)23-5-3-4-6-23)16-22-14-21-13-19(2)9-12-24(21)27-26(22)33/h7-14,23H,3-6,15-17H2,1-2H3,(H,27,33). The number of fused-ring (bicyclic) bond motifs is 1. The van der Waals surface area contributed by atoms with E-state index < -0.39 is 0 Å². The van der Waals surface area contributed by atoms with Crippen LogP contribution in [0.3, 0.4) is 0 Å². The van der Waals surface area contributed by atoms with Crippen molar-refractivity contribution in [2.45, 2.75) is 65.2 Å². The van der Waals surface area contributed by atoms with Crippen LogP contribution in [0.5, 0.6) is 0 Å². The van der Waals surface area contributed by atoms with E-state index in [1.807, 2.05) is 22.9 Å². The summed E-state index contributed by atoms with van der Waals surface area (Å²) in [6.45, 7) is 5.97. The van der Waals surface area contributed by atoms with E-state index in [0.717, 1.165) is 35.1 Å². The van der Waals surface area contributed by atoms with Gasteiger partial charge in [0.05, 0.1) is 12.6 Å². The summed E-state index contributed by atoms with van der Waals surface area (Å²) >= 11 is 0. The Balaban J connectivity index is 1.46. The maximum atomic E-state index is 12.9. The first-order valence-corrected chi connectivity index (χ1v) is 11.7. The molecule has 0 radical (unpaired) electrons. The summed E-state index contributed by atoms with van der Waals surface area (Å²) in [6, 6.07) is 17.0. The molecule has 0 amide bonds. The Bertz CT molecular complexity index is 1300. The Hall–Kier alpha value is -3.32. The number of rotatable bonds is 7. The van der Waals surface area contributed by atoms with Gasteiger partial charge in [0.2, 0.25) is 0 Å². The Kier molecular flexibility index (Phi) is 6.05. The topological polar surface area (TPSA) is 79.7 Å². The van der Waals surface area contributed by atoms with Gasteiger partial charge < -0.3 is 4.98 Å². The maximum absolute atomic E-state index is 12.9. The molecule has 7 heteroatoms. The average Bonchev–Trinajstić information content (AvgIpc) is 3.48. The minimum atomic E-state index is -0.0457.